The first-order valence-corrected chi connectivity index (χ1v) is 11.9. The first-order chi connectivity index (χ1) is 18.8. The molecule has 1 aromatic heterocycles. The molecule has 0 radical (unpaired) electrons. The Morgan fingerprint density at radius 3 is 1.74 bits per heavy atom. The number of hydrogen-bond acceptors (Lipinski definition) is 8. The zero-order chi connectivity index (χ0) is 28.2. The van der Waals surface area contributed by atoms with Crippen molar-refractivity contribution in [3.63, 3.8) is 0 Å². The van der Waals surface area contributed by atoms with Crippen molar-refractivity contribution in [3.05, 3.63) is 89.5 Å². The molecule has 0 aliphatic rings. The summed E-state index contributed by atoms with van der Waals surface area (Å²) in [5, 5.41) is 9.06. The summed E-state index contributed by atoms with van der Waals surface area (Å²) in [6, 6.07) is 20.5. The smallest absolute Gasteiger partial charge is 0.256 e. The second-order valence-corrected chi connectivity index (χ2v) is 8.16. The number of hydrogen-bond donors (Lipinski definition) is 2. The van der Waals surface area contributed by atoms with Crippen molar-refractivity contribution in [3.8, 4) is 28.9 Å². The highest BCUT2D eigenvalue weighted by atomic mass is 35.5. The van der Waals surface area contributed by atoms with Crippen LogP contribution in [0.25, 0.3) is 0 Å². The third kappa shape index (κ3) is 8.68. The Morgan fingerprint density at radius 2 is 1.26 bits per heavy atom. The molecule has 1 heterocycles. The summed E-state index contributed by atoms with van der Waals surface area (Å²) in [5.41, 5.74) is 1.84. The number of anilines is 1. The van der Waals surface area contributed by atoms with Crippen LogP contribution in [0.5, 0.6) is 28.9 Å². The summed E-state index contributed by atoms with van der Waals surface area (Å²) >= 11 is 5.22. The lowest BCUT2D eigenvalue weighted by atomic mass is 10.2. The summed E-state index contributed by atoms with van der Waals surface area (Å²) in [5.74, 6) is 3.26. The quantitative estimate of drug-likeness (QED) is 0.252. The van der Waals surface area contributed by atoms with Gasteiger partial charge in [0, 0.05) is 23.3 Å². The number of aromatic amines is 1. The third-order valence-electron chi connectivity index (χ3n) is 5.27. The number of carbonyl (C=O) groups is 2. The van der Waals surface area contributed by atoms with Gasteiger partial charge in [0.15, 0.2) is 0 Å². The molecule has 39 heavy (non-hydrogen) atoms. The van der Waals surface area contributed by atoms with E-state index in [1.165, 1.54) is 0 Å². The number of nitrogens with one attached hydrogen (secondary N) is 2. The van der Waals surface area contributed by atoms with Crippen molar-refractivity contribution in [2.45, 2.75) is 6.61 Å². The van der Waals surface area contributed by atoms with E-state index in [9.17, 15) is 9.59 Å². The van der Waals surface area contributed by atoms with Gasteiger partial charge in [0.1, 0.15) is 35.4 Å². The number of ether oxygens (including phenoxy) is 5. The monoisotopic (exact) mass is 553 g/mol. The fourth-order valence-corrected chi connectivity index (χ4v) is 3.33. The second kappa shape index (κ2) is 14.3. The van der Waals surface area contributed by atoms with Crippen LogP contribution in [0, 0.1) is 0 Å². The molecule has 2 N–H and O–H groups in total. The highest BCUT2D eigenvalue weighted by Gasteiger charge is 2.10. The molecule has 1 amide bonds. The molecule has 4 rings (SSSR count). The minimum absolute atomic E-state index is 0.268. The van der Waals surface area contributed by atoms with E-state index in [4.69, 9.17) is 35.3 Å². The number of H-pyrrole nitrogens is 1. The normalized spacial score (nSPS) is 9.97. The summed E-state index contributed by atoms with van der Waals surface area (Å²) in [7, 11) is 6.32. The molecule has 11 heteroatoms. The van der Waals surface area contributed by atoms with Gasteiger partial charge >= 0.3 is 0 Å². The van der Waals surface area contributed by atoms with Crippen molar-refractivity contribution < 1.29 is 33.3 Å². The number of rotatable bonds is 10. The number of halogens is 1. The zero-order valence-electron chi connectivity index (χ0n) is 21.8. The molecule has 0 aliphatic carbocycles. The Kier molecular flexibility index (Phi) is 10.6. The SMILES string of the molecule is COc1ccc(C(=O)Cl)cc1.COc1ccc(C(=O)Nc2cc(OCc3cc(OC)cc(OC)c3)n[nH]2)cc1. The van der Waals surface area contributed by atoms with Crippen molar-refractivity contribution in [1.82, 2.24) is 10.2 Å². The van der Waals surface area contributed by atoms with Gasteiger partial charge in [-0.15, -0.1) is 5.10 Å². The van der Waals surface area contributed by atoms with Crippen LogP contribution in [0.3, 0.4) is 0 Å². The van der Waals surface area contributed by atoms with E-state index in [1.54, 1.807) is 89.1 Å². The van der Waals surface area contributed by atoms with Gasteiger partial charge < -0.3 is 29.0 Å². The molecule has 0 bridgehead atoms. The lowest BCUT2D eigenvalue weighted by Crippen LogP contribution is -2.11. The summed E-state index contributed by atoms with van der Waals surface area (Å²) < 4.78 is 26.1. The van der Waals surface area contributed by atoms with Gasteiger partial charge in [-0.1, -0.05) is 0 Å². The minimum atomic E-state index is -0.451. The summed E-state index contributed by atoms with van der Waals surface area (Å²) in [4.78, 5) is 22.8. The highest BCUT2D eigenvalue weighted by molar-refractivity contribution is 6.67. The minimum Gasteiger partial charge on any atom is -0.497 e. The molecule has 4 aromatic rings. The van der Waals surface area contributed by atoms with Crippen molar-refractivity contribution >= 4 is 28.6 Å². The predicted molar refractivity (Wildman–Crippen MR) is 147 cm³/mol. The maximum absolute atomic E-state index is 12.3. The molecule has 0 saturated heterocycles. The van der Waals surface area contributed by atoms with Crippen molar-refractivity contribution in [2.75, 3.05) is 33.8 Å². The van der Waals surface area contributed by atoms with Crippen LogP contribution in [0.1, 0.15) is 26.3 Å². The molecular weight excluding hydrogens is 526 g/mol. The van der Waals surface area contributed by atoms with E-state index in [0.29, 0.717) is 45.8 Å². The van der Waals surface area contributed by atoms with Crippen LogP contribution < -0.4 is 29.0 Å². The predicted octanol–water partition coefficient (Wildman–Crippen LogP) is 5.34. The molecule has 3 aromatic carbocycles. The molecular formula is C28H28ClN3O7. The first-order valence-electron chi connectivity index (χ1n) is 11.5. The van der Waals surface area contributed by atoms with Crippen LogP contribution in [0.2, 0.25) is 0 Å². The van der Waals surface area contributed by atoms with Crippen LogP contribution in [-0.2, 0) is 6.61 Å². The van der Waals surface area contributed by atoms with Crippen LogP contribution >= 0.6 is 11.6 Å². The number of nitrogens with zero attached hydrogens (tertiary/aromatic N) is 1. The van der Waals surface area contributed by atoms with E-state index < -0.39 is 5.24 Å². The standard InChI is InChI=1S/C20H21N3O5.C8H7ClO2/c1-25-15-6-4-14(5-7-15)20(24)21-18-11-19(23-22-18)28-12-13-8-16(26-2)10-17(9-13)27-3;1-11-7-4-2-6(3-5-7)8(9)10/h4-11H,12H2,1-3H3,(H2,21,22,23,24);2-5H,1H3. The Balaban J connectivity index is 0.000000320. The van der Waals surface area contributed by atoms with Gasteiger partial charge in [-0.3, -0.25) is 14.7 Å². The van der Waals surface area contributed by atoms with Crippen LogP contribution in [0.4, 0.5) is 5.82 Å². The van der Waals surface area contributed by atoms with Gasteiger partial charge in [0.05, 0.1) is 28.4 Å². The third-order valence-corrected chi connectivity index (χ3v) is 5.49. The fraction of sp³-hybridized carbons (Fsp3) is 0.179. The average Bonchev–Trinajstić information content (AvgIpc) is 3.43. The maximum atomic E-state index is 12.3. The molecule has 0 spiro atoms. The van der Waals surface area contributed by atoms with E-state index in [-0.39, 0.29) is 12.5 Å². The van der Waals surface area contributed by atoms with E-state index in [0.717, 1.165) is 5.56 Å². The van der Waals surface area contributed by atoms with Gasteiger partial charge in [-0.2, -0.15) is 0 Å². The van der Waals surface area contributed by atoms with E-state index in [2.05, 4.69) is 15.5 Å². The van der Waals surface area contributed by atoms with E-state index >= 15 is 0 Å². The van der Waals surface area contributed by atoms with Crippen molar-refractivity contribution in [1.29, 1.82) is 0 Å². The number of carbonyl (C=O) groups excluding carboxylic acids is 2. The number of methoxy groups -OCH3 is 4. The Morgan fingerprint density at radius 1 is 0.744 bits per heavy atom. The Hall–Kier alpha value is -4.70. The number of aromatic nitrogens is 2. The van der Waals surface area contributed by atoms with Crippen molar-refractivity contribution in [2.24, 2.45) is 0 Å². The van der Waals surface area contributed by atoms with E-state index in [1.807, 2.05) is 12.1 Å². The van der Waals surface area contributed by atoms with Crippen LogP contribution in [0.15, 0.2) is 72.8 Å². The Bertz CT molecular complexity index is 1350. The fourth-order valence-electron chi connectivity index (χ4n) is 3.21. The topological polar surface area (TPSA) is 121 Å². The largest absolute Gasteiger partial charge is 0.497 e. The lowest BCUT2D eigenvalue weighted by Gasteiger charge is -2.08. The zero-order valence-corrected chi connectivity index (χ0v) is 22.6. The van der Waals surface area contributed by atoms with Crippen LogP contribution in [-0.4, -0.2) is 49.8 Å². The molecule has 204 valence electrons. The molecule has 0 unspecified atom stereocenters. The number of benzene rings is 3. The molecule has 0 saturated carbocycles. The Labute approximate surface area is 230 Å². The summed E-state index contributed by atoms with van der Waals surface area (Å²) in [6.07, 6.45) is 0. The summed E-state index contributed by atoms with van der Waals surface area (Å²) in [6.45, 7) is 0.268. The molecule has 0 fully saturated rings. The molecule has 0 aliphatic heterocycles. The highest BCUT2D eigenvalue weighted by Crippen LogP contribution is 2.24. The molecule has 10 nitrogen and oxygen atoms in total. The molecule has 0 atom stereocenters. The van der Waals surface area contributed by atoms with Gasteiger partial charge in [-0.25, -0.2) is 0 Å². The maximum Gasteiger partial charge on any atom is 0.256 e. The lowest BCUT2D eigenvalue weighted by molar-refractivity contribution is 0.102. The average molecular weight is 554 g/mol. The second-order valence-electron chi connectivity index (χ2n) is 7.81. The number of amides is 1. The van der Waals surface area contributed by atoms with Gasteiger partial charge in [0.2, 0.25) is 5.88 Å². The van der Waals surface area contributed by atoms with Gasteiger partial charge in [-0.05, 0) is 77.8 Å². The van der Waals surface area contributed by atoms with Gasteiger partial charge in [0.25, 0.3) is 11.1 Å². The first kappa shape index (κ1) is 28.9.